The third-order valence-corrected chi connectivity index (χ3v) is 4.17. The van der Waals surface area contributed by atoms with Gasteiger partial charge in [-0.2, -0.15) is 18.3 Å². The number of aromatic nitrogens is 2. The molecule has 1 aromatic heterocycles. The number of rotatable bonds is 5. The predicted octanol–water partition coefficient (Wildman–Crippen LogP) is 2.01. The molecule has 2 heterocycles. The van der Waals surface area contributed by atoms with Crippen molar-refractivity contribution in [1.29, 1.82) is 0 Å². The molecular weight excluding hydrogens is 281 g/mol. The summed E-state index contributed by atoms with van der Waals surface area (Å²) in [7, 11) is 1.91. The zero-order valence-corrected chi connectivity index (χ0v) is 12.8. The number of likely N-dealkylation sites (tertiary alicyclic amines) is 1. The van der Waals surface area contributed by atoms with Crippen molar-refractivity contribution in [1.82, 2.24) is 20.0 Å². The number of hydrogen-bond acceptors (Lipinski definition) is 3. The van der Waals surface area contributed by atoms with Crippen molar-refractivity contribution in [2.75, 3.05) is 26.2 Å². The summed E-state index contributed by atoms with van der Waals surface area (Å²) in [6, 6.07) is 0. The molecule has 0 saturated carbocycles. The lowest BCUT2D eigenvalue weighted by Crippen LogP contribution is -2.33. The van der Waals surface area contributed by atoms with Gasteiger partial charge in [0.25, 0.3) is 0 Å². The van der Waals surface area contributed by atoms with E-state index in [0.29, 0.717) is 19.0 Å². The highest BCUT2D eigenvalue weighted by atomic mass is 19.4. The Morgan fingerprint density at radius 1 is 1.33 bits per heavy atom. The van der Waals surface area contributed by atoms with Crippen molar-refractivity contribution in [3.63, 3.8) is 0 Å². The van der Waals surface area contributed by atoms with E-state index in [4.69, 9.17) is 0 Å². The van der Waals surface area contributed by atoms with Crippen LogP contribution in [0.25, 0.3) is 0 Å². The molecule has 1 aliphatic heterocycles. The highest BCUT2D eigenvalue weighted by Gasteiger charge is 2.34. The smallest absolute Gasteiger partial charge is 0.312 e. The van der Waals surface area contributed by atoms with Crippen LogP contribution in [0.4, 0.5) is 13.2 Å². The van der Waals surface area contributed by atoms with Crippen LogP contribution in [0.15, 0.2) is 0 Å². The minimum absolute atomic E-state index is 0.296. The fourth-order valence-electron chi connectivity index (χ4n) is 2.95. The average molecular weight is 304 g/mol. The summed E-state index contributed by atoms with van der Waals surface area (Å²) in [5.41, 5.74) is 3.32. The van der Waals surface area contributed by atoms with Crippen molar-refractivity contribution < 1.29 is 13.2 Å². The highest BCUT2D eigenvalue weighted by molar-refractivity contribution is 5.23. The first kappa shape index (κ1) is 16.3. The minimum atomic E-state index is -4.09. The fraction of sp³-hybridized carbons (Fsp3) is 0.786. The molecule has 21 heavy (non-hydrogen) atoms. The van der Waals surface area contributed by atoms with Crippen molar-refractivity contribution in [3.05, 3.63) is 17.0 Å². The Balaban J connectivity index is 1.75. The molecule has 0 aliphatic carbocycles. The molecule has 1 aromatic rings. The van der Waals surface area contributed by atoms with E-state index in [-0.39, 0.29) is 0 Å². The van der Waals surface area contributed by atoms with Crippen molar-refractivity contribution in [3.8, 4) is 0 Å². The molecule has 120 valence electrons. The molecule has 0 bridgehead atoms. The van der Waals surface area contributed by atoms with Gasteiger partial charge in [0.1, 0.15) is 0 Å². The minimum Gasteiger partial charge on any atom is -0.312 e. The summed E-state index contributed by atoms with van der Waals surface area (Å²) >= 11 is 0. The molecule has 0 amide bonds. The molecule has 1 fully saturated rings. The third kappa shape index (κ3) is 4.44. The monoisotopic (exact) mass is 304 g/mol. The molecule has 2 rings (SSSR count). The predicted molar refractivity (Wildman–Crippen MR) is 75.0 cm³/mol. The van der Waals surface area contributed by atoms with Crippen LogP contribution in [0.1, 0.15) is 23.4 Å². The molecule has 0 spiro atoms. The number of hydrogen-bond donors (Lipinski definition) is 1. The van der Waals surface area contributed by atoms with Crippen LogP contribution in [0.5, 0.6) is 0 Å². The first-order chi connectivity index (χ1) is 9.76. The molecule has 1 aliphatic rings. The zero-order chi connectivity index (χ0) is 15.6. The van der Waals surface area contributed by atoms with Crippen LogP contribution in [0.2, 0.25) is 0 Å². The summed E-state index contributed by atoms with van der Waals surface area (Å²) in [5.74, 6) is 0.296. The maximum absolute atomic E-state index is 12.3. The van der Waals surface area contributed by atoms with E-state index in [1.165, 1.54) is 10.5 Å². The highest BCUT2D eigenvalue weighted by Crippen LogP contribution is 2.22. The molecule has 1 atom stereocenters. The summed E-state index contributed by atoms with van der Waals surface area (Å²) in [6.45, 7) is 5.75. The SMILES string of the molecule is Cc1nn(C)c(C)c1CNCC1CCN(CC(F)(F)F)C1. The van der Waals surface area contributed by atoms with E-state index in [9.17, 15) is 13.2 Å². The van der Waals surface area contributed by atoms with E-state index in [0.717, 1.165) is 30.9 Å². The second-order valence-corrected chi connectivity index (χ2v) is 5.91. The van der Waals surface area contributed by atoms with Crippen LogP contribution >= 0.6 is 0 Å². The van der Waals surface area contributed by atoms with Gasteiger partial charge in [0.2, 0.25) is 0 Å². The number of aryl methyl sites for hydroxylation is 2. The lowest BCUT2D eigenvalue weighted by molar-refractivity contribution is -0.143. The summed E-state index contributed by atoms with van der Waals surface area (Å²) in [5, 5.41) is 7.72. The molecular formula is C14H23F3N4. The van der Waals surface area contributed by atoms with Gasteiger partial charge in [0, 0.05) is 31.4 Å². The van der Waals surface area contributed by atoms with Gasteiger partial charge in [-0.25, -0.2) is 0 Å². The largest absolute Gasteiger partial charge is 0.401 e. The van der Waals surface area contributed by atoms with Gasteiger partial charge >= 0.3 is 6.18 Å². The molecule has 0 aromatic carbocycles. The lowest BCUT2D eigenvalue weighted by Gasteiger charge is -2.18. The Labute approximate surface area is 123 Å². The third-order valence-electron chi connectivity index (χ3n) is 4.17. The zero-order valence-electron chi connectivity index (χ0n) is 12.8. The normalized spacial score (nSPS) is 20.4. The van der Waals surface area contributed by atoms with E-state index in [1.54, 1.807) is 0 Å². The average Bonchev–Trinajstić information content (AvgIpc) is 2.87. The standard InChI is InChI=1S/C14H23F3N4/c1-10-13(11(2)20(3)19-10)7-18-6-12-4-5-21(8-12)9-14(15,16)17/h12,18H,4-9H2,1-3H3. The van der Waals surface area contributed by atoms with E-state index < -0.39 is 12.7 Å². The summed E-state index contributed by atoms with van der Waals surface area (Å²) in [4.78, 5) is 1.49. The molecule has 0 radical (unpaired) electrons. The number of halogens is 3. The van der Waals surface area contributed by atoms with Crippen LogP contribution in [0.3, 0.4) is 0 Å². The van der Waals surface area contributed by atoms with Gasteiger partial charge in [-0.1, -0.05) is 0 Å². The molecule has 1 N–H and O–H groups in total. The van der Waals surface area contributed by atoms with Crippen molar-refractivity contribution in [2.24, 2.45) is 13.0 Å². The van der Waals surface area contributed by atoms with Gasteiger partial charge in [-0.05, 0) is 39.3 Å². The Hall–Kier alpha value is -1.08. The molecule has 1 unspecified atom stereocenters. The number of nitrogens with zero attached hydrogens (tertiary/aromatic N) is 3. The van der Waals surface area contributed by atoms with Gasteiger partial charge in [-0.15, -0.1) is 0 Å². The van der Waals surface area contributed by atoms with Gasteiger partial charge in [-0.3, -0.25) is 9.58 Å². The van der Waals surface area contributed by atoms with Crippen LogP contribution in [-0.4, -0.2) is 47.0 Å². The van der Waals surface area contributed by atoms with Gasteiger partial charge in [0.05, 0.1) is 12.2 Å². The lowest BCUT2D eigenvalue weighted by atomic mass is 10.1. The summed E-state index contributed by atoms with van der Waals surface area (Å²) in [6.07, 6.45) is -3.26. The van der Waals surface area contributed by atoms with Crippen LogP contribution in [-0.2, 0) is 13.6 Å². The molecule has 4 nitrogen and oxygen atoms in total. The summed E-state index contributed by atoms with van der Waals surface area (Å²) < 4.78 is 38.9. The van der Waals surface area contributed by atoms with E-state index in [1.807, 2.05) is 25.6 Å². The Morgan fingerprint density at radius 2 is 2.05 bits per heavy atom. The van der Waals surface area contributed by atoms with Gasteiger partial charge < -0.3 is 5.32 Å². The Bertz CT molecular complexity index is 481. The maximum atomic E-state index is 12.3. The van der Waals surface area contributed by atoms with E-state index in [2.05, 4.69) is 10.4 Å². The number of alkyl halides is 3. The van der Waals surface area contributed by atoms with E-state index >= 15 is 0 Å². The quantitative estimate of drug-likeness (QED) is 0.903. The number of nitrogens with one attached hydrogen (secondary N) is 1. The van der Waals surface area contributed by atoms with Crippen LogP contribution in [0, 0.1) is 19.8 Å². The molecule has 7 heteroatoms. The van der Waals surface area contributed by atoms with Crippen LogP contribution < -0.4 is 5.32 Å². The Kier molecular flexibility index (Phi) is 4.93. The second kappa shape index (κ2) is 6.36. The topological polar surface area (TPSA) is 33.1 Å². The maximum Gasteiger partial charge on any atom is 0.401 e. The van der Waals surface area contributed by atoms with Crippen molar-refractivity contribution in [2.45, 2.75) is 33.0 Å². The first-order valence-corrected chi connectivity index (χ1v) is 7.25. The van der Waals surface area contributed by atoms with Gasteiger partial charge in [0.15, 0.2) is 0 Å². The van der Waals surface area contributed by atoms with Crippen molar-refractivity contribution >= 4 is 0 Å². The first-order valence-electron chi connectivity index (χ1n) is 7.25. The fourth-order valence-corrected chi connectivity index (χ4v) is 2.95. The molecule has 1 saturated heterocycles. The second-order valence-electron chi connectivity index (χ2n) is 5.91. The Morgan fingerprint density at radius 3 is 2.62 bits per heavy atom.